The van der Waals surface area contributed by atoms with Crippen LogP contribution in [0.4, 0.5) is 5.69 Å². The van der Waals surface area contributed by atoms with Crippen LogP contribution in [0.5, 0.6) is 0 Å². The van der Waals surface area contributed by atoms with Crippen molar-refractivity contribution in [2.75, 3.05) is 31.8 Å². The van der Waals surface area contributed by atoms with Gasteiger partial charge in [-0.2, -0.15) is 0 Å². The highest BCUT2D eigenvalue weighted by molar-refractivity contribution is 7.90. The number of fused-ring (bicyclic) bond motifs is 1. The zero-order valence-electron chi connectivity index (χ0n) is 15.9. The van der Waals surface area contributed by atoms with Crippen molar-refractivity contribution in [3.63, 3.8) is 0 Å². The molecule has 3 rings (SSSR count). The Morgan fingerprint density at radius 2 is 1.71 bits per heavy atom. The lowest BCUT2D eigenvalue weighted by molar-refractivity contribution is 0.0985. The van der Waals surface area contributed by atoms with Crippen molar-refractivity contribution in [2.45, 2.75) is 22.6 Å². The summed E-state index contributed by atoms with van der Waals surface area (Å²) in [5.41, 5.74) is 1.71. The van der Waals surface area contributed by atoms with Gasteiger partial charge in [-0.05, 0) is 54.8 Å². The third kappa shape index (κ3) is 3.82. The molecule has 150 valence electrons. The third-order valence-electron chi connectivity index (χ3n) is 4.70. The second kappa shape index (κ2) is 7.31. The minimum Gasteiger partial charge on any atom is -0.308 e. The van der Waals surface area contributed by atoms with Gasteiger partial charge in [0.2, 0.25) is 10.0 Å². The van der Waals surface area contributed by atoms with Gasteiger partial charge < -0.3 is 4.90 Å². The molecule has 0 bridgehead atoms. The quantitative estimate of drug-likeness (QED) is 0.751. The molecule has 0 aromatic heterocycles. The number of nitrogens with zero attached hydrogens (tertiary/aromatic N) is 2. The number of sulfonamides is 1. The average molecular weight is 423 g/mol. The molecule has 7 nitrogen and oxygen atoms in total. The summed E-state index contributed by atoms with van der Waals surface area (Å²) < 4.78 is 49.4. The lowest BCUT2D eigenvalue weighted by atomic mass is 10.0. The predicted octanol–water partition coefficient (Wildman–Crippen LogP) is 1.93. The van der Waals surface area contributed by atoms with Gasteiger partial charge >= 0.3 is 0 Å². The number of anilines is 1. The molecule has 1 amide bonds. The number of sulfone groups is 1. The first-order valence-corrected chi connectivity index (χ1v) is 12.0. The van der Waals surface area contributed by atoms with Crippen molar-refractivity contribution in [1.29, 1.82) is 0 Å². The van der Waals surface area contributed by atoms with E-state index in [-0.39, 0.29) is 21.3 Å². The molecule has 0 saturated heterocycles. The van der Waals surface area contributed by atoms with Gasteiger partial charge in [-0.1, -0.05) is 6.07 Å². The number of amides is 1. The normalized spacial score (nSPS) is 14.8. The van der Waals surface area contributed by atoms with Crippen molar-refractivity contribution < 1.29 is 21.6 Å². The standard InChI is InChI=1S/C19H22N2O5S2/c1-20(2)28(25,26)17-8-4-6-15(13-17)19(22)21-11-5-7-14-12-16(27(3,23)24)9-10-18(14)21/h4,6,8-10,12-13H,5,7,11H2,1-3H3. The van der Waals surface area contributed by atoms with Crippen LogP contribution in [0.1, 0.15) is 22.3 Å². The summed E-state index contributed by atoms with van der Waals surface area (Å²) in [6.45, 7) is 0.481. The van der Waals surface area contributed by atoms with Crippen LogP contribution in [0.3, 0.4) is 0 Å². The second-order valence-corrected chi connectivity index (χ2v) is 11.1. The molecule has 0 unspecified atom stereocenters. The second-order valence-electron chi connectivity index (χ2n) is 6.94. The van der Waals surface area contributed by atoms with Crippen LogP contribution in [-0.2, 0) is 26.3 Å². The number of hydrogen-bond donors (Lipinski definition) is 0. The summed E-state index contributed by atoms with van der Waals surface area (Å²) in [5.74, 6) is -0.316. The van der Waals surface area contributed by atoms with E-state index in [0.717, 1.165) is 16.1 Å². The largest absolute Gasteiger partial charge is 0.308 e. The summed E-state index contributed by atoms with van der Waals surface area (Å²) in [4.78, 5) is 14.9. The third-order valence-corrected chi connectivity index (χ3v) is 7.62. The van der Waals surface area contributed by atoms with Gasteiger partial charge in [-0.25, -0.2) is 21.1 Å². The Labute approximate surface area is 165 Å². The van der Waals surface area contributed by atoms with Gasteiger partial charge in [0.1, 0.15) is 0 Å². The first kappa shape index (κ1) is 20.5. The van der Waals surface area contributed by atoms with E-state index in [2.05, 4.69) is 0 Å². The van der Waals surface area contributed by atoms with Gasteiger partial charge in [0, 0.05) is 38.1 Å². The molecular formula is C19H22N2O5S2. The molecule has 28 heavy (non-hydrogen) atoms. The molecule has 0 N–H and O–H groups in total. The van der Waals surface area contributed by atoms with Gasteiger partial charge in [0.25, 0.3) is 5.91 Å². The van der Waals surface area contributed by atoms with Gasteiger partial charge in [0.15, 0.2) is 9.84 Å². The summed E-state index contributed by atoms with van der Waals surface area (Å²) in [7, 11) is -4.11. The highest BCUT2D eigenvalue weighted by Gasteiger charge is 2.26. The Hall–Kier alpha value is -2.23. The SMILES string of the molecule is CN(C)S(=O)(=O)c1cccc(C(=O)N2CCCc3cc(S(C)(=O)=O)ccc32)c1. The van der Waals surface area contributed by atoms with Crippen LogP contribution in [0.15, 0.2) is 52.3 Å². The summed E-state index contributed by atoms with van der Waals surface area (Å²) >= 11 is 0. The fourth-order valence-corrected chi connectivity index (χ4v) is 4.79. The number of carbonyl (C=O) groups excluding carboxylic acids is 1. The molecule has 2 aromatic carbocycles. The van der Waals surface area contributed by atoms with Crippen molar-refractivity contribution in [3.05, 3.63) is 53.6 Å². The highest BCUT2D eigenvalue weighted by Crippen LogP contribution is 2.31. The molecule has 0 atom stereocenters. The average Bonchev–Trinajstić information content (AvgIpc) is 2.65. The molecule has 1 aliphatic rings. The first-order chi connectivity index (χ1) is 13.0. The molecule has 0 fully saturated rings. The van der Waals surface area contributed by atoms with E-state index in [1.807, 2.05) is 0 Å². The molecule has 0 spiro atoms. The van der Waals surface area contributed by atoms with Crippen molar-refractivity contribution >= 4 is 31.5 Å². The molecule has 2 aromatic rings. The molecule has 9 heteroatoms. The maximum absolute atomic E-state index is 13.1. The monoisotopic (exact) mass is 422 g/mol. The van der Waals surface area contributed by atoms with E-state index >= 15 is 0 Å². The van der Waals surface area contributed by atoms with Crippen molar-refractivity contribution in [3.8, 4) is 0 Å². The van der Waals surface area contributed by atoms with Gasteiger partial charge in [0.05, 0.1) is 9.79 Å². The smallest absolute Gasteiger partial charge is 0.258 e. The summed E-state index contributed by atoms with van der Waals surface area (Å²) in [6.07, 6.45) is 2.52. The Bertz CT molecular complexity index is 1140. The number of carbonyl (C=O) groups is 1. The Morgan fingerprint density at radius 1 is 1.00 bits per heavy atom. The van der Waals surface area contributed by atoms with Gasteiger partial charge in [-0.3, -0.25) is 4.79 Å². The van der Waals surface area contributed by atoms with Crippen molar-refractivity contribution in [2.24, 2.45) is 0 Å². The molecule has 0 aliphatic carbocycles. The molecular weight excluding hydrogens is 400 g/mol. The molecule has 1 aliphatic heterocycles. The maximum atomic E-state index is 13.1. The van der Waals surface area contributed by atoms with E-state index < -0.39 is 19.9 Å². The number of aryl methyl sites for hydroxylation is 1. The zero-order chi connectivity index (χ0) is 20.7. The maximum Gasteiger partial charge on any atom is 0.258 e. The van der Waals surface area contributed by atoms with E-state index in [0.29, 0.717) is 25.1 Å². The Morgan fingerprint density at radius 3 is 2.36 bits per heavy atom. The fourth-order valence-electron chi connectivity index (χ4n) is 3.17. The molecule has 0 radical (unpaired) electrons. The van der Waals surface area contributed by atoms with Crippen LogP contribution < -0.4 is 4.90 Å². The fraction of sp³-hybridized carbons (Fsp3) is 0.316. The lowest BCUT2D eigenvalue weighted by Gasteiger charge is -2.30. The first-order valence-electron chi connectivity index (χ1n) is 8.69. The van der Waals surface area contributed by atoms with E-state index in [1.165, 1.54) is 32.3 Å². The topological polar surface area (TPSA) is 91.8 Å². The minimum atomic E-state index is -3.65. The predicted molar refractivity (Wildman–Crippen MR) is 107 cm³/mol. The van der Waals surface area contributed by atoms with Crippen molar-refractivity contribution in [1.82, 2.24) is 4.31 Å². The highest BCUT2D eigenvalue weighted by atomic mass is 32.2. The summed E-state index contributed by atoms with van der Waals surface area (Å²) in [5, 5.41) is 0. The van der Waals surface area contributed by atoms with E-state index in [4.69, 9.17) is 0 Å². The number of hydrogen-bond acceptors (Lipinski definition) is 5. The van der Waals surface area contributed by atoms with Gasteiger partial charge in [-0.15, -0.1) is 0 Å². The number of rotatable bonds is 4. The molecule has 1 heterocycles. The van der Waals surface area contributed by atoms with E-state index in [1.54, 1.807) is 29.2 Å². The minimum absolute atomic E-state index is 0.0491. The van der Waals surface area contributed by atoms with Crippen LogP contribution >= 0.6 is 0 Å². The Kier molecular flexibility index (Phi) is 5.35. The Balaban J connectivity index is 2.00. The van der Waals surface area contributed by atoms with Crippen LogP contribution in [0.25, 0.3) is 0 Å². The van der Waals surface area contributed by atoms with Crippen LogP contribution in [0.2, 0.25) is 0 Å². The van der Waals surface area contributed by atoms with Crippen LogP contribution in [-0.4, -0.2) is 53.9 Å². The lowest BCUT2D eigenvalue weighted by Crippen LogP contribution is -2.35. The number of benzene rings is 2. The van der Waals surface area contributed by atoms with Crippen LogP contribution in [0, 0.1) is 0 Å². The molecule has 0 saturated carbocycles. The summed E-state index contributed by atoms with van der Waals surface area (Å²) in [6, 6.07) is 10.7. The van der Waals surface area contributed by atoms with E-state index in [9.17, 15) is 21.6 Å². The zero-order valence-corrected chi connectivity index (χ0v) is 17.5.